The van der Waals surface area contributed by atoms with Crippen molar-refractivity contribution in [2.45, 2.75) is 25.3 Å². The molecule has 0 radical (unpaired) electrons. The van der Waals surface area contributed by atoms with E-state index < -0.39 is 0 Å². The molecule has 0 saturated heterocycles. The maximum absolute atomic E-state index is 9.56. The molecule has 7 heteroatoms. The number of fused-ring (bicyclic) bond motifs is 1. The van der Waals surface area contributed by atoms with Crippen LogP contribution in [0.1, 0.15) is 36.4 Å². The van der Waals surface area contributed by atoms with Gasteiger partial charge < -0.3 is 9.90 Å². The molecule has 6 nitrogen and oxygen atoms in total. The highest BCUT2D eigenvalue weighted by Gasteiger charge is 2.27. The van der Waals surface area contributed by atoms with E-state index >= 15 is 0 Å². The zero-order chi connectivity index (χ0) is 21.5. The van der Waals surface area contributed by atoms with Crippen molar-refractivity contribution in [1.29, 1.82) is 0 Å². The molecule has 4 rings (SSSR count). The largest absolute Gasteiger partial charge is 0.513 e. The number of hydrazone groups is 1. The number of halogens is 1. The molecular formula is C23H23ClN4O2. The minimum Gasteiger partial charge on any atom is -0.513 e. The summed E-state index contributed by atoms with van der Waals surface area (Å²) in [4.78, 5) is 18.5. The summed E-state index contributed by atoms with van der Waals surface area (Å²) < 4.78 is 0. The van der Waals surface area contributed by atoms with E-state index in [0.29, 0.717) is 12.8 Å². The number of hydrogen-bond donors (Lipinski definition) is 1. The van der Waals surface area contributed by atoms with Gasteiger partial charge in [0.15, 0.2) is 0 Å². The molecule has 1 aromatic heterocycles. The van der Waals surface area contributed by atoms with Crippen LogP contribution in [0.5, 0.6) is 0 Å². The zero-order valence-corrected chi connectivity index (χ0v) is 17.5. The fourth-order valence-corrected chi connectivity index (χ4v) is 3.38. The minimum atomic E-state index is 0.0760. The van der Waals surface area contributed by atoms with Crippen LogP contribution in [0.2, 0.25) is 5.02 Å². The van der Waals surface area contributed by atoms with Crippen LogP contribution < -0.4 is 0 Å². The van der Waals surface area contributed by atoms with Gasteiger partial charge in [-0.25, -0.2) is 0 Å². The van der Waals surface area contributed by atoms with Crippen LogP contribution in [-0.2, 0) is 4.79 Å². The van der Waals surface area contributed by atoms with Crippen molar-refractivity contribution < 1.29 is 9.90 Å². The number of aliphatic hydroxyl groups is 1. The van der Waals surface area contributed by atoms with E-state index in [2.05, 4.69) is 22.6 Å². The van der Waals surface area contributed by atoms with Gasteiger partial charge in [0.25, 0.3) is 0 Å². The number of nitrogens with zero attached hydrogens (tertiary/aromatic N) is 4. The monoisotopic (exact) mass is 422 g/mol. The second kappa shape index (κ2) is 9.98. The molecule has 0 saturated carbocycles. The lowest BCUT2D eigenvalue weighted by molar-refractivity contribution is -0.107. The van der Waals surface area contributed by atoms with Crippen LogP contribution >= 0.6 is 11.6 Å². The number of para-hydroxylation sites is 1. The highest BCUT2D eigenvalue weighted by molar-refractivity contribution is 6.30. The van der Waals surface area contributed by atoms with Crippen molar-refractivity contribution in [2.24, 2.45) is 5.10 Å². The highest BCUT2D eigenvalue weighted by Crippen LogP contribution is 2.34. The van der Waals surface area contributed by atoms with Gasteiger partial charge >= 0.3 is 0 Å². The summed E-state index contributed by atoms with van der Waals surface area (Å²) >= 11 is 5.97. The molecule has 0 bridgehead atoms. The smallest absolute Gasteiger partial charge is 0.120 e. The number of aldehydes is 1. The first kappa shape index (κ1) is 21.5. The lowest BCUT2D eigenvalue weighted by atomic mass is 9.97. The first-order valence-corrected chi connectivity index (χ1v) is 9.93. The molecule has 1 N–H and O–H groups in total. The Balaban J connectivity index is 0.000000318. The molecule has 1 aliphatic heterocycles. The van der Waals surface area contributed by atoms with E-state index in [1.54, 1.807) is 12.4 Å². The first-order valence-electron chi connectivity index (χ1n) is 9.56. The van der Waals surface area contributed by atoms with E-state index in [-0.39, 0.29) is 11.8 Å². The molecule has 3 aromatic rings. The van der Waals surface area contributed by atoms with Gasteiger partial charge in [-0.05, 0) is 23.8 Å². The number of aromatic nitrogens is 2. The molecule has 1 atom stereocenters. The molecule has 0 aliphatic carbocycles. The Labute approximate surface area is 180 Å². The van der Waals surface area contributed by atoms with Gasteiger partial charge in [-0.3, -0.25) is 15.0 Å². The second-order valence-electron chi connectivity index (χ2n) is 6.89. The highest BCUT2D eigenvalue weighted by atomic mass is 35.5. The zero-order valence-electron chi connectivity index (χ0n) is 16.7. The van der Waals surface area contributed by atoms with E-state index in [1.807, 2.05) is 48.5 Å². The molecule has 0 amide bonds. The molecule has 2 aromatic carbocycles. The standard InChI is InChI=1S/C18H15ClN4.C5H8O2/c1-23-17(11-16(22-23)12-5-7-13(19)8-6-12)14-3-2-4-15-18(14)21-10-9-20-15;1-5(7)3-2-4-6/h2-10,17H,11H2,1H3;4,7H,1-3H2. The van der Waals surface area contributed by atoms with Gasteiger partial charge in [0.2, 0.25) is 0 Å². The molecule has 30 heavy (non-hydrogen) atoms. The Morgan fingerprint density at radius 1 is 1.23 bits per heavy atom. The van der Waals surface area contributed by atoms with Crippen molar-refractivity contribution in [3.63, 3.8) is 0 Å². The fourth-order valence-electron chi connectivity index (χ4n) is 3.25. The third kappa shape index (κ3) is 5.21. The van der Waals surface area contributed by atoms with Crippen molar-refractivity contribution in [3.05, 3.63) is 83.3 Å². The SMILES string of the molecule is C=C(O)CCC=O.CN1N=C(c2ccc(Cl)cc2)CC1c1cccc2nccnc12. The summed E-state index contributed by atoms with van der Waals surface area (Å²) in [6, 6.07) is 14.1. The number of benzene rings is 2. The van der Waals surface area contributed by atoms with E-state index in [0.717, 1.165) is 45.6 Å². The van der Waals surface area contributed by atoms with Crippen LogP contribution in [0, 0.1) is 0 Å². The van der Waals surface area contributed by atoms with Crippen molar-refractivity contribution in [3.8, 4) is 0 Å². The van der Waals surface area contributed by atoms with Gasteiger partial charge in [0.1, 0.15) is 6.29 Å². The fraction of sp³-hybridized carbons (Fsp3) is 0.217. The predicted octanol–water partition coefficient (Wildman–Crippen LogP) is 5.10. The summed E-state index contributed by atoms with van der Waals surface area (Å²) in [5.74, 6) is 0.0760. The first-order chi connectivity index (χ1) is 14.5. The van der Waals surface area contributed by atoms with Crippen LogP contribution in [-0.4, -0.2) is 39.1 Å². The minimum absolute atomic E-state index is 0.0760. The molecule has 2 heterocycles. The Hall–Kier alpha value is -3.25. The topological polar surface area (TPSA) is 78.7 Å². The third-order valence-corrected chi connectivity index (χ3v) is 4.99. The van der Waals surface area contributed by atoms with Crippen LogP contribution in [0.3, 0.4) is 0 Å². The summed E-state index contributed by atoms with van der Waals surface area (Å²) in [5, 5.41) is 15.8. The average molecular weight is 423 g/mol. The maximum Gasteiger partial charge on any atom is 0.120 e. The van der Waals surface area contributed by atoms with Gasteiger partial charge in [0.05, 0.1) is 28.5 Å². The van der Waals surface area contributed by atoms with Gasteiger partial charge in [0, 0.05) is 49.3 Å². The number of aliphatic hydroxyl groups excluding tert-OH is 1. The average Bonchev–Trinajstić information content (AvgIpc) is 3.14. The summed E-state index contributed by atoms with van der Waals surface area (Å²) in [6.07, 6.45) is 5.82. The van der Waals surface area contributed by atoms with Crippen molar-refractivity contribution in [1.82, 2.24) is 15.0 Å². The number of hydrogen-bond acceptors (Lipinski definition) is 6. The summed E-state index contributed by atoms with van der Waals surface area (Å²) in [6.45, 7) is 3.19. The Morgan fingerprint density at radius 3 is 2.63 bits per heavy atom. The van der Waals surface area contributed by atoms with Crippen LogP contribution in [0.15, 0.2) is 72.3 Å². The molecular weight excluding hydrogens is 400 g/mol. The molecule has 154 valence electrons. The number of allylic oxidation sites excluding steroid dienone is 1. The summed E-state index contributed by atoms with van der Waals surface area (Å²) in [5.41, 5.74) is 5.19. The maximum atomic E-state index is 9.56. The lowest BCUT2D eigenvalue weighted by Crippen LogP contribution is -2.14. The second-order valence-corrected chi connectivity index (χ2v) is 7.33. The van der Waals surface area contributed by atoms with E-state index in [9.17, 15) is 4.79 Å². The number of carbonyl (C=O) groups excluding carboxylic acids is 1. The van der Waals surface area contributed by atoms with Crippen LogP contribution in [0.4, 0.5) is 0 Å². The van der Waals surface area contributed by atoms with Gasteiger partial charge in [-0.1, -0.05) is 42.4 Å². The normalized spacial score (nSPS) is 15.3. The quantitative estimate of drug-likeness (QED) is 0.457. The molecule has 1 aliphatic rings. The number of carbonyl (C=O) groups is 1. The molecule has 0 spiro atoms. The van der Waals surface area contributed by atoms with Crippen LogP contribution in [0.25, 0.3) is 11.0 Å². The van der Waals surface area contributed by atoms with Crippen molar-refractivity contribution >= 4 is 34.6 Å². The Morgan fingerprint density at radius 2 is 1.97 bits per heavy atom. The Kier molecular flexibility index (Phi) is 7.14. The van der Waals surface area contributed by atoms with Crippen molar-refractivity contribution in [2.75, 3.05) is 7.05 Å². The predicted molar refractivity (Wildman–Crippen MR) is 120 cm³/mol. The third-order valence-electron chi connectivity index (χ3n) is 4.73. The summed E-state index contributed by atoms with van der Waals surface area (Å²) in [7, 11) is 2.00. The van der Waals surface area contributed by atoms with E-state index in [1.165, 1.54) is 0 Å². The Bertz CT molecular complexity index is 1060. The molecule has 1 unspecified atom stereocenters. The van der Waals surface area contributed by atoms with Gasteiger partial charge in [-0.2, -0.15) is 5.10 Å². The van der Waals surface area contributed by atoms with Gasteiger partial charge in [-0.15, -0.1) is 0 Å². The lowest BCUT2D eigenvalue weighted by Gasteiger charge is -2.19. The molecule has 0 fully saturated rings. The van der Waals surface area contributed by atoms with E-state index in [4.69, 9.17) is 21.8 Å². The number of rotatable bonds is 5.